The molecule has 0 spiro atoms. The molecule has 0 saturated carbocycles. The van der Waals surface area contributed by atoms with E-state index >= 15 is 0 Å². The highest BCUT2D eigenvalue weighted by atomic mass is 16.5. The van der Waals surface area contributed by atoms with Gasteiger partial charge >= 0.3 is 0 Å². The van der Waals surface area contributed by atoms with E-state index in [0.717, 1.165) is 12.0 Å². The van der Waals surface area contributed by atoms with Gasteiger partial charge in [-0.25, -0.2) is 4.98 Å². The summed E-state index contributed by atoms with van der Waals surface area (Å²) in [6.07, 6.45) is 2.70. The van der Waals surface area contributed by atoms with Gasteiger partial charge in [0.2, 0.25) is 11.8 Å². The van der Waals surface area contributed by atoms with Gasteiger partial charge in [-0.1, -0.05) is 37.3 Å². The standard InChI is InChI=1S/C21H25N3O3/c1-3-17-15-23(21(26)18-10-7-12-22-20(18)27-2)13-11-19(25)24(17)14-16-8-5-4-6-9-16/h4-10,12,17H,3,11,13-15H2,1-2H3. The van der Waals surface area contributed by atoms with Crippen molar-refractivity contribution in [2.24, 2.45) is 0 Å². The molecule has 6 nitrogen and oxygen atoms in total. The van der Waals surface area contributed by atoms with Crippen molar-refractivity contribution in [2.45, 2.75) is 32.4 Å². The highest BCUT2D eigenvalue weighted by molar-refractivity contribution is 5.96. The van der Waals surface area contributed by atoms with Gasteiger partial charge in [-0.3, -0.25) is 9.59 Å². The van der Waals surface area contributed by atoms with Crippen LogP contribution in [0.2, 0.25) is 0 Å². The molecule has 1 aromatic carbocycles. The van der Waals surface area contributed by atoms with E-state index in [1.807, 2.05) is 35.2 Å². The second-order valence-electron chi connectivity index (χ2n) is 6.63. The van der Waals surface area contributed by atoms with Crippen molar-refractivity contribution >= 4 is 11.8 Å². The average Bonchev–Trinajstić information content (AvgIpc) is 2.87. The molecule has 1 aliphatic rings. The molecular formula is C21H25N3O3. The van der Waals surface area contributed by atoms with E-state index in [2.05, 4.69) is 11.9 Å². The Morgan fingerprint density at radius 2 is 2.00 bits per heavy atom. The van der Waals surface area contributed by atoms with Crippen LogP contribution >= 0.6 is 0 Å². The molecule has 1 atom stereocenters. The zero-order valence-corrected chi connectivity index (χ0v) is 15.8. The maximum atomic E-state index is 13.0. The van der Waals surface area contributed by atoms with Crippen molar-refractivity contribution in [3.63, 3.8) is 0 Å². The molecule has 142 valence electrons. The third-order valence-corrected chi connectivity index (χ3v) is 4.94. The summed E-state index contributed by atoms with van der Waals surface area (Å²) in [6, 6.07) is 13.4. The summed E-state index contributed by atoms with van der Waals surface area (Å²) in [6.45, 7) is 3.52. The van der Waals surface area contributed by atoms with E-state index < -0.39 is 0 Å². The Kier molecular flexibility index (Phi) is 6.06. The number of ether oxygens (including phenoxy) is 1. The molecule has 1 aliphatic heterocycles. The molecule has 1 saturated heterocycles. The van der Waals surface area contributed by atoms with Crippen molar-refractivity contribution < 1.29 is 14.3 Å². The van der Waals surface area contributed by atoms with E-state index in [-0.39, 0.29) is 17.9 Å². The molecule has 1 aromatic heterocycles. The Morgan fingerprint density at radius 3 is 2.70 bits per heavy atom. The summed E-state index contributed by atoms with van der Waals surface area (Å²) in [5, 5.41) is 0. The molecule has 1 fully saturated rings. The van der Waals surface area contributed by atoms with Crippen LogP contribution in [0, 0.1) is 0 Å². The highest BCUT2D eigenvalue weighted by Crippen LogP contribution is 2.22. The molecule has 2 heterocycles. The van der Waals surface area contributed by atoms with Gasteiger partial charge in [0.1, 0.15) is 5.56 Å². The van der Waals surface area contributed by atoms with Crippen LogP contribution in [0.25, 0.3) is 0 Å². The molecule has 0 N–H and O–H groups in total. The van der Waals surface area contributed by atoms with Crippen LogP contribution in [0.1, 0.15) is 35.7 Å². The number of carbonyl (C=O) groups excluding carboxylic acids is 2. The summed E-state index contributed by atoms with van der Waals surface area (Å²) >= 11 is 0. The number of aromatic nitrogens is 1. The molecule has 0 radical (unpaired) electrons. The third kappa shape index (κ3) is 4.27. The quantitative estimate of drug-likeness (QED) is 0.815. The third-order valence-electron chi connectivity index (χ3n) is 4.94. The second kappa shape index (κ2) is 8.66. The fraction of sp³-hybridized carbons (Fsp3) is 0.381. The minimum atomic E-state index is -0.146. The normalized spacial score (nSPS) is 17.6. The number of amides is 2. The van der Waals surface area contributed by atoms with Gasteiger partial charge in [-0.05, 0) is 24.1 Å². The van der Waals surface area contributed by atoms with Crippen LogP contribution in [0.15, 0.2) is 48.7 Å². The highest BCUT2D eigenvalue weighted by Gasteiger charge is 2.32. The Labute approximate surface area is 159 Å². The van der Waals surface area contributed by atoms with Gasteiger partial charge in [0.15, 0.2) is 0 Å². The van der Waals surface area contributed by atoms with Crippen LogP contribution in [-0.2, 0) is 11.3 Å². The van der Waals surface area contributed by atoms with Crippen LogP contribution in [0.3, 0.4) is 0 Å². The van der Waals surface area contributed by atoms with Crippen molar-refractivity contribution in [1.29, 1.82) is 0 Å². The summed E-state index contributed by atoms with van der Waals surface area (Å²) in [7, 11) is 1.50. The molecule has 0 bridgehead atoms. The fourth-order valence-corrected chi connectivity index (χ4v) is 3.44. The largest absolute Gasteiger partial charge is 0.480 e. The van der Waals surface area contributed by atoms with Gasteiger partial charge < -0.3 is 14.5 Å². The predicted octanol–water partition coefficient (Wildman–Crippen LogP) is 2.74. The van der Waals surface area contributed by atoms with Gasteiger partial charge in [-0.2, -0.15) is 0 Å². The van der Waals surface area contributed by atoms with Crippen molar-refractivity contribution in [3.05, 3.63) is 59.8 Å². The monoisotopic (exact) mass is 367 g/mol. The lowest BCUT2D eigenvalue weighted by Crippen LogP contribution is -2.43. The smallest absolute Gasteiger partial charge is 0.259 e. The number of benzene rings is 1. The summed E-state index contributed by atoms with van der Waals surface area (Å²) in [5.74, 6) is 0.249. The van der Waals surface area contributed by atoms with Crippen LogP contribution in [-0.4, -0.2) is 52.8 Å². The number of rotatable bonds is 5. The first-order valence-electron chi connectivity index (χ1n) is 9.25. The number of hydrogen-bond acceptors (Lipinski definition) is 4. The lowest BCUT2D eigenvalue weighted by molar-refractivity contribution is -0.133. The van der Waals surface area contributed by atoms with E-state index in [1.165, 1.54) is 7.11 Å². The first kappa shape index (κ1) is 18.9. The lowest BCUT2D eigenvalue weighted by atomic mass is 10.1. The minimum absolute atomic E-state index is 0.0215. The summed E-state index contributed by atoms with van der Waals surface area (Å²) in [4.78, 5) is 33.6. The SMILES string of the molecule is CCC1CN(C(=O)c2cccnc2OC)CCC(=O)N1Cc1ccccc1. The molecule has 3 rings (SSSR count). The number of carbonyl (C=O) groups is 2. The number of methoxy groups -OCH3 is 1. The van der Waals surface area contributed by atoms with Crippen LogP contribution in [0.4, 0.5) is 0 Å². The van der Waals surface area contributed by atoms with Crippen molar-refractivity contribution in [3.8, 4) is 5.88 Å². The molecule has 2 aromatic rings. The number of pyridine rings is 1. The Balaban J connectivity index is 1.81. The van der Waals surface area contributed by atoms with E-state index in [4.69, 9.17) is 4.74 Å². The average molecular weight is 367 g/mol. The topological polar surface area (TPSA) is 62.7 Å². The fourth-order valence-electron chi connectivity index (χ4n) is 3.44. The number of hydrogen-bond donors (Lipinski definition) is 0. The zero-order chi connectivity index (χ0) is 19.2. The van der Waals surface area contributed by atoms with E-state index in [0.29, 0.717) is 37.5 Å². The summed E-state index contributed by atoms with van der Waals surface area (Å²) < 4.78 is 5.23. The van der Waals surface area contributed by atoms with Crippen molar-refractivity contribution in [2.75, 3.05) is 20.2 Å². The molecular weight excluding hydrogens is 342 g/mol. The molecule has 27 heavy (non-hydrogen) atoms. The Morgan fingerprint density at radius 1 is 1.22 bits per heavy atom. The van der Waals surface area contributed by atoms with Gasteiger partial charge in [0, 0.05) is 38.3 Å². The Hall–Kier alpha value is -2.89. The van der Waals surface area contributed by atoms with Crippen LogP contribution < -0.4 is 4.74 Å². The molecule has 1 unspecified atom stereocenters. The molecule has 2 amide bonds. The molecule has 6 heteroatoms. The lowest BCUT2D eigenvalue weighted by Gasteiger charge is -2.31. The second-order valence-corrected chi connectivity index (χ2v) is 6.63. The van der Waals surface area contributed by atoms with Gasteiger partial charge in [-0.15, -0.1) is 0 Å². The first-order chi connectivity index (χ1) is 13.1. The van der Waals surface area contributed by atoms with Gasteiger partial charge in [0.05, 0.1) is 7.11 Å². The molecule has 0 aliphatic carbocycles. The maximum absolute atomic E-state index is 13.0. The van der Waals surface area contributed by atoms with E-state index in [1.54, 1.807) is 23.2 Å². The predicted molar refractivity (Wildman–Crippen MR) is 102 cm³/mol. The number of nitrogens with zero attached hydrogens (tertiary/aromatic N) is 3. The van der Waals surface area contributed by atoms with Crippen LogP contribution in [0.5, 0.6) is 5.88 Å². The van der Waals surface area contributed by atoms with Crippen molar-refractivity contribution in [1.82, 2.24) is 14.8 Å². The zero-order valence-electron chi connectivity index (χ0n) is 15.8. The minimum Gasteiger partial charge on any atom is -0.480 e. The van der Waals surface area contributed by atoms with Gasteiger partial charge in [0.25, 0.3) is 5.91 Å². The summed E-state index contributed by atoms with van der Waals surface area (Å²) in [5.41, 5.74) is 1.52. The van der Waals surface area contributed by atoms with E-state index in [9.17, 15) is 9.59 Å². The Bertz CT molecular complexity index is 794. The first-order valence-corrected chi connectivity index (χ1v) is 9.25. The maximum Gasteiger partial charge on any atom is 0.259 e.